The van der Waals surface area contributed by atoms with Gasteiger partial charge in [-0.2, -0.15) is 0 Å². The minimum absolute atomic E-state index is 0.0201. The highest BCUT2D eigenvalue weighted by molar-refractivity contribution is 5.79. The van der Waals surface area contributed by atoms with Crippen LogP contribution in [0.5, 0.6) is 0 Å². The smallest absolute Gasteiger partial charge is 0.236 e. The van der Waals surface area contributed by atoms with E-state index < -0.39 is 0 Å². The Hall–Kier alpha value is -2.02. The topological polar surface area (TPSA) is 69.6 Å². The molecule has 3 heterocycles. The van der Waals surface area contributed by atoms with Crippen LogP contribution < -0.4 is 0 Å². The van der Waals surface area contributed by atoms with Crippen molar-refractivity contribution in [3.05, 3.63) is 23.8 Å². The van der Waals surface area contributed by atoms with Gasteiger partial charge in [-0.1, -0.05) is 0 Å². The predicted molar refractivity (Wildman–Crippen MR) is 98.2 cm³/mol. The molecule has 0 saturated carbocycles. The summed E-state index contributed by atoms with van der Waals surface area (Å²) in [7, 11) is 3.84. The van der Waals surface area contributed by atoms with E-state index in [1.165, 1.54) is 0 Å². The molecule has 1 unspecified atom stereocenters. The van der Waals surface area contributed by atoms with Crippen LogP contribution in [0.3, 0.4) is 0 Å². The maximum atomic E-state index is 12.5. The fourth-order valence-electron chi connectivity index (χ4n) is 4.07. The minimum Gasteiger partial charge on any atom is -0.341 e. The fraction of sp³-hybridized carbons (Fsp3) is 0.684. The third-order valence-electron chi connectivity index (χ3n) is 5.40. The SMILES string of the molecule is Cc1cnc(CN2CC3(CCCN(C(=O)CN(C)C)C3)CCC2=O)cn1. The number of carbonyl (C=O) groups is 2. The molecular weight excluding hydrogens is 330 g/mol. The predicted octanol–water partition coefficient (Wildman–Crippen LogP) is 1.08. The summed E-state index contributed by atoms with van der Waals surface area (Å²) in [6.45, 7) is 5.12. The summed E-state index contributed by atoms with van der Waals surface area (Å²) in [5.41, 5.74) is 1.71. The quantitative estimate of drug-likeness (QED) is 0.805. The Morgan fingerprint density at radius 1 is 1.23 bits per heavy atom. The normalized spacial score (nSPS) is 23.8. The van der Waals surface area contributed by atoms with Gasteiger partial charge in [0.05, 0.1) is 30.7 Å². The number of likely N-dealkylation sites (tertiary alicyclic amines) is 2. The van der Waals surface area contributed by atoms with E-state index in [9.17, 15) is 9.59 Å². The van der Waals surface area contributed by atoms with Crippen LogP contribution in [0, 0.1) is 12.3 Å². The van der Waals surface area contributed by atoms with Crippen LogP contribution in [0.25, 0.3) is 0 Å². The zero-order valence-corrected chi connectivity index (χ0v) is 16.1. The molecule has 3 rings (SSSR count). The Labute approximate surface area is 155 Å². The number of hydrogen-bond donors (Lipinski definition) is 0. The number of aryl methyl sites for hydroxylation is 1. The molecule has 1 aromatic rings. The lowest BCUT2D eigenvalue weighted by molar-refractivity contribution is -0.144. The van der Waals surface area contributed by atoms with E-state index in [1.807, 2.05) is 35.7 Å². The van der Waals surface area contributed by atoms with Crippen LogP contribution in [-0.4, -0.2) is 76.8 Å². The number of carbonyl (C=O) groups excluding carboxylic acids is 2. The van der Waals surface area contributed by atoms with Gasteiger partial charge in [-0.15, -0.1) is 0 Å². The summed E-state index contributed by atoms with van der Waals surface area (Å²) < 4.78 is 0. The monoisotopic (exact) mass is 359 g/mol. The van der Waals surface area contributed by atoms with Crippen LogP contribution in [0.15, 0.2) is 12.4 Å². The van der Waals surface area contributed by atoms with Crippen molar-refractivity contribution in [1.29, 1.82) is 0 Å². The standard InChI is InChI=1S/C19H29N5O2/c1-15-9-21-16(10-20-15)11-24-14-19(7-5-17(24)25)6-4-8-23(13-19)18(26)12-22(2)3/h9-10H,4-8,11-14H2,1-3H3. The highest BCUT2D eigenvalue weighted by Crippen LogP contribution is 2.39. The number of piperidine rings is 2. The molecule has 7 heteroatoms. The van der Waals surface area contributed by atoms with Crippen LogP contribution in [0.2, 0.25) is 0 Å². The first-order chi connectivity index (χ1) is 12.4. The lowest BCUT2D eigenvalue weighted by atomic mass is 9.73. The molecule has 0 aromatic carbocycles. The fourth-order valence-corrected chi connectivity index (χ4v) is 4.07. The zero-order valence-electron chi connectivity index (χ0n) is 16.1. The Kier molecular flexibility index (Phi) is 5.55. The average Bonchev–Trinajstić information content (AvgIpc) is 2.60. The molecule has 7 nitrogen and oxygen atoms in total. The van der Waals surface area contributed by atoms with E-state index in [-0.39, 0.29) is 17.2 Å². The molecule has 2 aliphatic rings. The van der Waals surface area contributed by atoms with Crippen LogP contribution in [0.1, 0.15) is 37.1 Å². The first-order valence-corrected chi connectivity index (χ1v) is 9.35. The van der Waals surface area contributed by atoms with E-state index in [4.69, 9.17) is 0 Å². The summed E-state index contributed by atoms with van der Waals surface area (Å²) in [5.74, 6) is 0.358. The summed E-state index contributed by atoms with van der Waals surface area (Å²) in [6, 6.07) is 0. The van der Waals surface area contributed by atoms with Crippen molar-refractivity contribution in [3.63, 3.8) is 0 Å². The number of rotatable bonds is 4. The van der Waals surface area contributed by atoms with Gasteiger partial charge >= 0.3 is 0 Å². The van der Waals surface area contributed by atoms with Gasteiger partial charge in [0.25, 0.3) is 0 Å². The molecular formula is C19H29N5O2. The molecule has 2 aliphatic heterocycles. The molecule has 0 bridgehead atoms. The highest BCUT2D eigenvalue weighted by atomic mass is 16.2. The molecule has 0 N–H and O–H groups in total. The summed E-state index contributed by atoms with van der Waals surface area (Å²) in [6.07, 6.45) is 6.98. The van der Waals surface area contributed by atoms with Crippen molar-refractivity contribution >= 4 is 11.8 Å². The van der Waals surface area contributed by atoms with Gasteiger partial charge in [-0.3, -0.25) is 19.6 Å². The molecule has 2 saturated heterocycles. The Balaban J connectivity index is 1.68. The molecule has 1 atom stereocenters. The zero-order chi connectivity index (χ0) is 18.7. The second kappa shape index (κ2) is 7.70. The summed E-state index contributed by atoms with van der Waals surface area (Å²) in [4.78, 5) is 39.4. The molecule has 142 valence electrons. The van der Waals surface area contributed by atoms with Crippen LogP contribution in [-0.2, 0) is 16.1 Å². The Morgan fingerprint density at radius 2 is 2.04 bits per heavy atom. The first-order valence-electron chi connectivity index (χ1n) is 9.35. The van der Waals surface area contributed by atoms with Crippen molar-refractivity contribution in [2.45, 2.75) is 39.2 Å². The lowest BCUT2D eigenvalue weighted by Crippen LogP contribution is -2.55. The van der Waals surface area contributed by atoms with Gasteiger partial charge in [0.2, 0.25) is 11.8 Å². The van der Waals surface area contributed by atoms with E-state index in [0.717, 1.165) is 43.7 Å². The second-order valence-electron chi connectivity index (χ2n) is 8.06. The molecule has 0 radical (unpaired) electrons. The third-order valence-corrected chi connectivity index (χ3v) is 5.40. The maximum Gasteiger partial charge on any atom is 0.236 e. The van der Waals surface area contributed by atoms with Crippen molar-refractivity contribution in [3.8, 4) is 0 Å². The van der Waals surface area contributed by atoms with E-state index in [1.54, 1.807) is 12.4 Å². The molecule has 2 amide bonds. The number of nitrogens with zero attached hydrogens (tertiary/aromatic N) is 5. The number of likely N-dealkylation sites (N-methyl/N-ethyl adjacent to an activating group) is 1. The molecule has 26 heavy (non-hydrogen) atoms. The third kappa shape index (κ3) is 4.38. The molecule has 0 aliphatic carbocycles. The van der Waals surface area contributed by atoms with E-state index in [2.05, 4.69) is 9.97 Å². The lowest BCUT2D eigenvalue weighted by Gasteiger charge is -2.48. The highest BCUT2D eigenvalue weighted by Gasteiger charge is 2.42. The Bertz CT molecular complexity index is 660. The van der Waals surface area contributed by atoms with Gasteiger partial charge in [0, 0.05) is 37.7 Å². The largest absolute Gasteiger partial charge is 0.341 e. The van der Waals surface area contributed by atoms with Gasteiger partial charge in [0.15, 0.2) is 0 Å². The molecule has 1 aromatic heterocycles. The number of hydrogen-bond acceptors (Lipinski definition) is 5. The average molecular weight is 359 g/mol. The van der Waals surface area contributed by atoms with Crippen LogP contribution >= 0.6 is 0 Å². The Morgan fingerprint density at radius 3 is 2.73 bits per heavy atom. The first kappa shape index (κ1) is 18.8. The molecule has 1 spiro atoms. The minimum atomic E-state index is 0.0201. The summed E-state index contributed by atoms with van der Waals surface area (Å²) >= 11 is 0. The van der Waals surface area contributed by atoms with Gasteiger partial charge in [-0.05, 0) is 40.3 Å². The van der Waals surface area contributed by atoms with Gasteiger partial charge < -0.3 is 14.7 Å². The second-order valence-corrected chi connectivity index (χ2v) is 8.06. The number of amides is 2. The van der Waals surface area contributed by atoms with Crippen molar-refractivity contribution < 1.29 is 9.59 Å². The van der Waals surface area contributed by atoms with E-state index >= 15 is 0 Å². The molecule has 2 fully saturated rings. The van der Waals surface area contributed by atoms with Gasteiger partial charge in [0.1, 0.15) is 0 Å². The van der Waals surface area contributed by atoms with Crippen molar-refractivity contribution in [2.75, 3.05) is 40.3 Å². The van der Waals surface area contributed by atoms with Gasteiger partial charge in [-0.25, -0.2) is 0 Å². The number of aromatic nitrogens is 2. The maximum absolute atomic E-state index is 12.5. The van der Waals surface area contributed by atoms with E-state index in [0.29, 0.717) is 26.1 Å². The van der Waals surface area contributed by atoms with Crippen molar-refractivity contribution in [1.82, 2.24) is 24.7 Å². The van der Waals surface area contributed by atoms with Crippen molar-refractivity contribution in [2.24, 2.45) is 5.41 Å². The summed E-state index contributed by atoms with van der Waals surface area (Å²) in [5, 5.41) is 0. The van der Waals surface area contributed by atoms with Crippen LogP contribution in [0.4, 0.5) is 0 Å².